The number of nitrogens with zero attached hydrogens (tertiary/aromatic N) is 2. The van der Waals surface area contributed by atoms with Gasteiger partial charge in [0, 0.05) is 18.8 Å². The van der Waals surface area contributed by atoms with Gasteiger partial charge in [-0.15, -0.1) is 0 Å². The van der Waals surface area contributed by atoms with Gasteiger partial charge in [0.25, 0.3) is 0 Å². The quantitative estimate of drug-likeness (QED) is 0.842. The molecule has 2 rings (SSSR count). The van der Waals surface area contributed by atoms with E-state index in [1.807, 2.05) is 7.05 Å². The van der Waals surface area contributed by atoms with Gasteiger partial charge in [0.1, 0.15) is 11.6 Å². The molecular formula is C11H18N4S. The van der Waals surface area contributed by atoms with Crippen LogP contribution in [0.1, 0.15) is 19.3 Å². The van der Waals surface area contributed by atoms with Crippen molar-refractivity contribution >= 4 is 23.4 Å². The maximum atomic E-state index is 4.38. The number of hydrogen-bond donors (Lipinski definition) is 2. The van der Waals surface area contributed by atoms with Gasteiger partial charge in [-0.2, -0.15) is 11.8 Å². The van der Waals surface area contributed by atoms with Crippen molar-refractivity contribution in [1.29, 1.82) is 0 Å². The van der Waals surface area contributed by atoms with E-state index < -0.39 is 0 Å². The van der Waals surface area contributed by atoms with Gasteiger partial charge < -0.3 is 10.6 Å². The highest BCUT2D eigenvalue weighted by Crippen LogP contribution is 2.25. The van der Waals surface area contributed by atoms with Crippen molar-refractivity contribution in [2.75, 3.05) is 30.0 Å². The fraction of sp³-hybridized carbons (Fsp3) is 0.636. The molecule has 1 unspecified atom stereocenters. The Hall–Kier alpha value is -0.970. The molecule has 0 bridgehead atoms. The van der Waals surface area contributed by atoms with Crippen LogP contribution in [0.5, 0.6) is 0 Å². The summed E-state index contributed by atoms with van der Waals surface area (Å²) in [6, 6.07) is 0. The van der Waals surface area contributed by atoms with Crippen LogP contribution in [0.15, 0.2) is 12.4 Å². The van der Waals surface area contributed by atoms with E-state index in [9.17, 15) is 0 Å². The summed E-state index contributed by atoms with van der Waals surface area (Å²) in [4.78, 5) is 8.51. The molecule has 0 spiro atoms. The molecule has 16 heavy (non-hydrogen) atoms. The highest BCUT2D eigenvalue weighted by atomic mass is 32.2. The summed E-state index contributed by atoms with van der Waals surface area (Å²) < 4.78 is 0. The zero-order valence-corrected chi connectivity index (χ0v) is 10.4. The van der Waals surface area contributed by atoms with Crippen LogP contribution < -0.4 is 10.6 Å². The van der Waals surface area contributed by atoms with Crippen molar-refractivity contribution in [1.82, 2.24) is 9.97 Å². The number of hydrogen-bond acceptors (Lipinski definition) is 5. The lowest BCUT2D eigenvalue weighted by Crippen LogP contribution is -2.20. The second kappa shape index (κ2) is 5.94. The van der Waals surface area contributed by atoms with Crippen molar-refractivity contribution in [2.45, 2.75) is 24.5 Å². The molecule has 0 radical (unpaired) electrons. The molecule has 1 aromatic rings. The molecule has 2 heterocycles. The molecule has 0 saturated carbocycles. The summed E-state index contributed by atoms with van der Waals surface area (Å²) in [7, 11) is 1.85. The molecule has 1 saturated heterocycles. The number of aromatic nitrogens is 2. The van der Waals surface area contributed by atoms with Crippen LogP contribution in [-0.4, -0.2) is 34.6 Å². The third kappa shape index (κ3) is 3.27. The van der Waals surface area contributed by atoms with Gasteiger partial charge in [0.05, 0.1) is 12.4 Å². The van der Waals surface area contributed by atoms with E-state index in [0.29, 0.717) is 0 Å². The normalized spacial score (nSPS) is 20.4. The van der Waals surface area contributed by atoms with Crippen LogP contribution in [0.3, 0.4) is 0 Å². The second-order valence-electron chi connectivity index (χ2n) is 3.91. The Balaban J connectivity index is 1.83. The average Bonchev–Trinajstić information content (AvgIpc) is 2.38. The predicted molar refractivity (Wildman–Crippen MR) is 70.2 cm³/mol. The third-order valence-corrected chi connectivity index (χ3v) is 4.07. The molecule has 1 atom stereocenters. The zero-order valence-electron chi connectivity index (χ0n) is 9.57. The minimum Gasteiger partial charge on any atom is -0.372 e. The predicted octanol–water partition coefficient (Wildman–Crippen LogP) is 2.22. The van der Waals surface area contributed by atoms with E-state index >= 15 is 0 Å². The van der Waals surface area contributed by atoms with E-state index in [1.165, 1.54) is 25.0 Å². The van der Waals surface area contributed by atoms with Crippen molar-refractivity contribution in [2.24, 2.45) is 0 Å². The van der Waals surface area contributed by atoms with E-state index in [2.05, 4.69) is 32.4 Å². The Bertz CT molecular complexity index is 326. The van der Waals surface area contributed by atoms with E-state index in [0.717, 1.165) is 23.4 Å². The van der Waals surface area contributed by atoms with E-state index in [-0.39, 0.29) is 0 Å². The molecule has 88 valence electrons. The van der Waals surface area contributed by atoms with Gasteiger partial charge in [0.15, 0.2) is 0 Å². The summed E-state index contributed by atoms with van der Waals surface area (Å²) in [6.07, 6.45) is 7.55. The van der Waals surface area contributed by atoms with Crippen molar-refractivity contribution in [3.8, 4) is 0 Å². The minimum absolute atomic E-state index is 0.730. The van der Waals surface area contributed by atoms with Crippen LogP contribution in [0, 0.1) is 0 Å². The van der Waals surface area contributed by atoms with Crippen molar-refractivity contribution in [3.05, 3.63) is 12.4 Å². The second-order valence-corrected chi connectivity index (χ2v) is 5.32. The summed E-state index contributed by atoms with van der Waals surface area (Å²) in [5, 5.41) is 7.07. The summed E-state index contributed by atoms with van der Waals surface area (Å²) >= 11 is 2.07. The summed E-state index contributed by atoms with van der Waals surface area (Å²) in [6.45, 7) is 0.993. The van der Waals surface area contributed by atoms with Crippen molar-refractivity contribution < 1.29 is 0 Å². The van der Waals surface area contributed by atoms with Crippen LogP contribution in [0.4, 0.5) is 11.6 Å². The molecule has 1 aliphatic rings. The fourth-order valence-corrected chi connectivity index (χ4v) is 3.00. The molecule has 0 aromatic carbocycles. The van der Waals surface area contributed by atoms with Crippen LogP contribution in [0.2, 0.25) is 0 Å². The lowest BCUT2D eigenvalue weighted by molar-refractivity contribution is 0.677. The number of anilines is 2. The Morgan fingerprint density at radius 3 is 3.00 bits per heavy atom. The third-order valence-electron chi connectivity index (χ3n) is 2.68. The minimum atomic E-state index is 0.730. The lowest BCUT2D eigenvalue weighted by atomic mass is 10.2. The largest absolute Gasteiger partial charge is 0.372 e. The van der Waals surface area contributed by atoms with Gasteiger partial charge in [0.2, 0.25) is 0 Å². The summed E-state index contributed by atoms with van der Waals surface area (Å²) in [5.41, 5.74) is 0. The Morgan fingerprint density at radius 2 is 2.25 bits per heavy atom. The Labute approximate surface area is 101 Å². The first-order valence-electron chi connectivity index (χ1n) is 5.74. The Kier molecular flexibility index (Phi) is 4.27. The van der Waals surface area contributed by atoms with Gasteiger partial charge in [-0.05, 0) is 18.6 Å². The topological polar surface area (TPSA) is 49.8 Å². The molecule has 0 amide bonds. The molecule has 1 aromatic heterocycles. The van der Waals surface area contributed by atoms with Gasteiger partial charge in [-0.3, -0.25) is 4.98 Å². The standard InChI is InChI=1S/C11H18N4S/c1-12-10-7-13-8-11(15-10)14-6-9-4-2-3-5-16-9/h7-9H,2-6H2,1H3,(H2,12,14,15). The number of rotatable bonds is 4. The molecule has 4 nitrogen and oxygen atoms in total. The lowest BCUT2D eigenvalue weighted by Gasteiger charge is -2.21. The highest BCUT2D eigenvalue weighted by Gasteiger charge is 2.13. The van der Waals surface area contributed by atoms with Crippen LogP contribution in [-0.2, 0) is 0 Å². The van der Waals surface area contributed by atoms with Gasteiger partial charge in [-0.25, -0.2) is 4.98 Å². The van der Waals surface area contributed by atoms with Gasteiger partial charge in [-0.1, -0.05) is 6.42 Å². The van der Waals surface area contributed by atoms with E-state index in [4.69, 9.17) is 0 Å². The monoisotopic (exact) mass is 238 g/mol. The highest BCUT2D eigenvalue weighted by molar-refractivity contribution is 7.99. The smallest absolute Gasteiger partial charge is 0.146 e. The summed E-state index contributed by atoms with van der Waals surface area (Å²) in [5.74, 6) is 2.97. The Morgan fingerprint density at radius 1 is 1.38 bits per heavy atom. The molecule has 0 aliphatic carbocycles. The van der Waals surface area contributed by atoms with Crippen molar-refractivity contribution in [3.63, 3.8) is 0 Å². The maximum Gasteiger partial charge on any atom is 0.146 e. The first-order valence-corrected chi connectivity index (χ1v) is 6.78. The molecule has 1 aliphatic heterocycles. The average molecular weight is 238 g/mol. The maximum absolute atomic E-state index is 4.38. The SMILES string of the molecule is CNc1cncc(NCC2CCCCS2)n1. The van der Waals surface area contributed by atoms with Crippen LogP contribution in [0.25, 0.3) is 0 Å². The number of thioether (sulfide) groups is 1. The van der Waals surface area contributed by atoms with Gasteiger partial charge >= 0.3 is 0 Å². The molecule has 2 N–H and O–H groups in total. The molecule has 1 fully saturated rings. The van der Waals surface area contributed by atoms with Crippen LogP contribution >= 0.6 is 11.8 Å². The first-order chi connectivity index (χ1) is 7.88. The fourth-order valence-electron chi connectivity index (χ4n) is 1.76. The first kappa shape index (κ1) is 11.5. The van der Waals surface area contributed by atoms with E-state index in [1.54, 1.807) is 12.4 Å². The molecular weight excluding hydrogens is 220 g/mol. The zero-order chi connectivity index (χ0) is 11.2. The number of nitrogens with one attached hydrogen (secondary N) is 2. The molecule has 5 heteroatoms.